The Morgan fingerprint density at radius 1 is 1.00 bits per heavy atom. The highest BCUT2D eigenvalue weighted by molar-refractivity contribution is 5.39. The molecule has 2 aromatic rings. The third-order valence-electron chi connectivity index (χ3n) is 2.60. The third kappa shape index (κ3) is 3.76. The van der Waals surface area contributed by atoms with Crippen LogP contribution in [0.1, 0.15) is 24.9 Å². The molecule has 0 aliphatic rings. The van der Waals surface area contributed by atoms with Gasteiger partial charge in [0.15, 0.2) is 11.5 Å². The molecule has 102 valence electrons. The first-order valence-electron chi connectivity index (χ1n) is 6.45. The molecule has 0 spiro atoms. The second kappa shape index (κ2) is 6.85. The van der Waals surface area contributed by atoms with E-state index in [0.717, 1.165) is 29.4 Å². The summed E-state index contributed by atoms with van der Waals surface area (Å²) in [5, 5.41) is 0. The zero-order valence-corrected chi connectivity index (χ0v) is 11.1. The van der Waals surface area contributed by atoms with Crippen molar-refractivity contribution in [2.24, 2.45) is 5.73 Å². The van der Waals surface area contributed by atoms with Gasteiger partial charge in [0.1, 0.15) is 18.1 Å². The minimum Gasteiger partial charge on any atom is -0.490 e. The maximum atomic E-state index is 5.72. The minimum atomic E-state index is 0.368. The van der Waals surface area contributed by atoms with Gasteiger partial charge in [-0.3, -0.25) is 0 Å². The highest BCUT2D eigenvalue weighted by Gasteiger charge is 2.06. The molecular formula is C15H19NO3. The summed E-state index contributed by atoms with van der Waals surface area (Å²) in [6, 6.07) is 11.4. The van der Waals surface area contributed by atoms with Gasteiger partial charge in [-0.2, -0.15) is 0 Å². The molecule has 4 nitrogen and oxygen atoms in total. The van der Waals surface area contributed by atoms with Gasteiger partial charge in [-0.1, -0.05) is 19.1 Å². The van der Waals surface area contributed by atoms with Crippen molar-refractivity contribution < 1.29 is 13.9 Å². The first-order chi connectivity index (χ1) is 9.33. The molecule has 0 saturated carbocycles. The zero-order valence-electron chi connectivity index (χ0n) is 11.1. The van der Waals surface area contributed by atoms with Crippen LogP contribution in [-0.2, 0) is 13.2 Å². The van der Waals surface area contributed by atoms with Gasteiger partial charge in [0.05, 0.1) is 13.2 Å². The highest BCUT2D eigenvalue weighted by Crippen LogP contribution is 2.27. The lowest BCUT2D eigenvalue weighted by atomic mass is 10.3. The summed E-state index contributed by atoms with van der Waals surface area (Å²) in [6.07, 6.45) is 0.965. The quantitative estimate of drug-likeness (QED) is 0.832. The van der Waals surface area contributed by atoms with Crippen molar-refractivity contribution in [2.75, 3.05) is 6.61 Å². The van der Waals surface area contributed by atoms with Crippen molar-refractivity contribution in [1.82, 2.24) is 0 Å². The van der Waals surface area contributed by atoms with E-state index in [-0.39, 0.29) is 0 Å². The molecule has 0 unspecified atom stereocenters. The molecule has 0 atom stereocenters. The number of hydrogen-bond donors (Lipinski definition) is 1. The number of furan rings is 1. The summed E-state index contributed by atoms with van der Waals surface area (Å²) in [7, 11) is 0. The van der Waals surface area contributed by atoms with Crippen LogP contribution in [0, 0.1) is 0 Å². The molecule has 1 heterocycles. The molecule has 2 rings (SSSR count). The largest absolute Gasteiger partial charge is 0.490 e. The summed E-state index contributed by atoms with van der Waals surface area (Å²) < 4.78 is 16.8. The molecule has 2 N–H and O–H groups in total. The van der Waals surface area contributed by atoms with E-state index in [9.17, 15) is 0 Å². The van der Waals surface area contributed by atoms with Gasteiger partial charge in [-0.25, -0.2) is 0 Å². The topological polar surface area (TPSA) is 57.6 Å². The van der Waals surface area contributed by atoms with E-state index in [0.29, 0.717) is 19.8 Å². The molecule has 1 aromatic carbocycles. The smallest absolute Gasteiger partial charge is 0.161 e. The van der Waals surface area contributed by atoms with E-state index in [1.54, 1.807) is 0 Å². The van der Waals surface area contributed by atoms with Gasteiger partial charge in [0.25, 0.3) is 0 Å². The lowest BCUT2D eigenvalue weighted by molar-refractivity contribution is 0.241. The number of hydrogen-bond acceptors (Lipinski definition) is 4. The SMILES string of the molecule is CCCOc1ccccc1OCc1ccc(CN)o1. The Labute approximate surface area is 113 Å². The molecule has 0 bridgehead atoms. The van der Waals surface area contributed by atoms with Gasteiger partial charge >= 0.3 is 0 Å². The van der Waals surface area contributed by atoms with Gasteiger partial charge in [0, 0.05) is 0 Å². The predicted molar refractivity (Wildman–Crippen MR) is 73.2 cm³/mol. The van der Waals surface area contributed by atoms with E-state index >= 15 is 0 Å². The normalized spacial score (nSPS) is 10.4. The van der Waals surface area contributed by atoms with Crippen LogP contribution in [0.4, 0.5) is 0 Å². The zero-order chi connectivity index (χ0) is 13.5. The average Bonchev–Trinajstić information content (AvgIpc) is 2.91. The summed E-state index contributed by atoms with van der Waals surface area (Å²) in [5.41, 5.74) is 5.49. The Kier molecular flexibility index (Phi) is 4.86. The first kappa shape index (κ1) is 13.5. The molecular weight excluding hydrogens is 242 g/mol. The minimum absolute atomic E-state index is 0.368. The fourth-order valence-corrected chi connectivity index (χ4v) is 1.66. The number of rotatable bonds is 7. The Morgan fingerprint density at radius 2 is 1.68 bits per heavy atom. The lowest BCUT2D eigenvalue weighted by Crippen LogP contribution is -2.00. The number of nitrogens with two attached hydrogens (primary N) is 1. The van der Waals surface area contributed by atoms with E-state index < -0.39 is 0 Å². The lowest BCUT2D eigenvalue weighted by Gasteiger charge is -2.11. The average molecular weight is 261 g/mol. The summed E-state index contributed by atoms with van der Waals surface area (Å²) in [6.45, 7) is 3.52. The summed E-state index contributed by atoms with van der Waals surface area (Å²) in [5.74, 6) is 3.00. The molecule has 0 amide bonds. The molecule has 0 aliphatic heterocycles. The van der Waals surface area contributed by atoms with Gasteiger partial charge in [-0.15, -0.1) is 0 Å². The molecule has 0 fully saturated rings. The summed E-state index contributed by atoms with van der Waals surface area (Å²) in [4.78, 5) is 0. The van der Waals surface area contributed by atoms with Crippen LogP contribution in [0.3, 0.4) is 0 Å². The number of para-hydroxylation sites is 2. The molecule has 0 aliphatic carbocycles. The van der Waals surface area contributed by atoms with Crippen molar-refractivity contribution in [3.8, 4) is 11.5 Å². The Morgan fingerprint density at radius 3 is 2.32 bits per heavy atom. The first-order valence-corrected chi connectivity index (χ1v) is 6.45. The second-order valence-electron chi connectivity index (χ2n) is 4.16. The Hall–Kier alpha value is -1.94. The van der Waals surface area contributed by atoms with E-state index in [4.69, 9.17) is 19.6 Å². The number of ether oxygens (including phenoxy) is 2. The van der Waals surface area contributed by atoms with Crippen molar-refractivity contribution in [3.63, 3.8) is 0 Å². The molecule has 19 heavy (non-hydrogen) atoms. The molecule has 0 saturated heterocycles. The van der Waals surface area contributed by atoms with Crippen LogP contribution in [0.5, 0.6) is 11.5 Å². The van der Waals surface area contributed by atoms with Crippen LogP contribution in [-0.4, -0.2) is 6.61 Å². The Bertz CT molecular complexity index is 508. The second-order valence-corrected chi connectivity index (χ2v) is 4.16. The van der Waals surface area contributed by atoms with Crippen LogP contribution in [0.15, 0.2) is 40.8 Å². The monoisotopic (exact) mass is 261 g/mol. The Balaban J connectivity index is 1.98. The fourth-order valence-electron chi connectivity index (χ4n) is 1.66. The number of benzene rings is 1. The van der Waals surface area contributed by atoms with Crippen LogP contribution in [0.2, 0.25) is 0 Å². The molecule has 4 heteroatoms. The predicted octanol–water partition coefficient (Wildman–Crippen LogP) is 3.11. The third-order valence-corrected chi connectivity index (χ3v) is 2.60. The molecule has 0 radical (unpaired) electrons. The van der Waals surface area contributed by atoms with E-state index in [1.165, 1.54) is 0 Å². The maximum absolute atomic E-state index is 5.72. The van der Waals surface area contributed by atoms with Crippen LogP contribution < -0.4 is 15.2 Å². The van der Waals surface area contributed by atoms with Gasteiger partial charge < -0.3 is 19.6 Å². The van der Waals surface area contributed by atoms with E-state index in [2.05, 4.69) is 6.92 Å². The van der Waals surface area contributed by atoms with Crippen molar-refractivity contribution in [1.29, 1.82) is 0 Å². The van der Waals surface area contributed by atoms with Gasteiger partial charge in [0.2, 0.25) is 0 Å². The van der Waals surface area contributed by atoms with E-state index in [1.807, 2.05) is 36.4 Å². The van der Waals surface area contributed by atoms with Crippen molar-refractivity contribution in [2.45, 2.75) is 26.5 Å². The standard InChI is InChI=1S/C15H19NO3/c1-2-9-17-14-5-3-4-6-15(14)18-11-13-8-7-12(10-16)19-13/h3-8H,2,9-11,16H2,1H3. The van der Waals surface area contributed by atoms with Gasteiger partial charge in [-0.05, 0) is 30.7 Å². The van der Waals surface area contributed by atoms with Crippen LogP contribution >= 0.6 is 0 Å². The molecule has 1 aromatic heterocycles. The maximum Gasteiger partial charge on any atom is 0.161 e. The van der Waals surface area contributed by atoms with Crippen molar-refractivity contribution >= 4 is 0 Å². The highest BCUT2D eigenvalue weighted by atomic mass is 16.5. The summed E-state index contributed by atoms with van der Waals surface area (Å²) >= 11 is 0. The van der Waals surface area contributed by atoms with Crippen LogP contribution in [0.25, 0.3) is 0 Å². The fraction of sp³-hybridized carbons (Fsp3) is 0.333. The van der Waals surface area contributed by atoms with Crippen molar-refractivity contribution in [3.05, 3.63) is 47.9 Å².